The molecule has 28 heavy (non-hydrogen) atoms. The lowest BCUT2D eigenvalue weighted by molar-refractivity contribution is -0.122. The number of amides is 2. The molecular weight excluding hydrogens is 361 g/mol. The summed E-state index contributed by atoms with van der Waals surface area (Å²) in [4.78, 5) is 29.8. The van der Waals surface area contributed by atoms with Gasteiger partial charge in [-0.15, -0.1) is 0 Å². The fraction of sp³-hybridized carbons (Fsp3) is 0.550. The van der Waals surface area contributed by atoms with Crippen LogP contribution in [0, 0.1) is 17.7 Å². The summed E-state index contributed by atoms with van der Waals surface area (Å²) in [5.74, 6) is 0.0447. The predicted octanol–water partition coefficient (Wildman–Crippen LogP) is 0.893. The Hall–Kier alpha value is -2.64. The molecule has 4 N–H and O–H groups in total. The summed E-state index contributed by atoms with van der Waals surface area (Å²) < 4.78 is 13.1. The Morgan fingerprint density at radius 1 is 1.29 bits per heavy atom. The number of nitrogens with two attached hydrogens (primary N) is 1. The number of primary amides is 1. The zero-order valence-corrected chi connectivity index (χ0v) is 16.6. The van der Waals surface area contributed by atoms with Gasteiger partial charge >= 0.3 is 0 Å². The normalized spacial score (nSPS) is 16.5. The molecule has 1 aliphatic heterocycles. The fourth-order valence-electron chi connectivity index (χ4n) is 3.44. The zero-order chi connectivity index (χ0) is 20.5. The van der Waals surface area contributed by atoms with Gasteiger partial charge in [-0.1, -0.05) is 12.1 Å². The summed E-state index contributed by atoms with van der Waals surface area (Å²) >= 11 is 0. The van der Waals surface area contributed by atoms with Crippen molar-refractivity contribution in [3.8, 4) is 0 Å². The number of hydrogen-bond acceptors (Lipinski definition) is 3. The first-order valence-corrected chi connectivity index (χ1v) is 9.62. The van der Waals surface area contributed by atoms with Gasteiger partial charge in [-0.2, -0.15) is 0 Å². The van der Waals surface area contributed by atoms with Crippen LogP contribution in [0.25, 0.3) is 0 Å². The molecule has 1 aromatic rings. The van der Waals surface area contributed by atoms with Gasteiger partial charge in [-0.05, 0) is 42.9 Å². The van der Waals surface area contributed by atoms with Gasteiger partial charge in [0.05, 0.1) is 5.92 Å². The van der Waals surface area contributed by atoms with E-state index < -0.39 is 11.8 Å². The van der Waals surface area contributed by atoms with E-state index >= 15 is 0 Å². The van der Waals surface area contributed by atoms with Crippen LogP contribution >= 0.6 is 0 Å². The van der Waals surface area contributed by atoms with Crippen LogP contribution in [0.4, 0.5) is 4.39 Å². The molecule has 1 unspecified atom stereocenters. The number of nitrogens with zero attached hydrogens (tertiary/aromatic N) is 2. The molecule has 1 saturated heterocycles. The first kappa shape index (κ1) is 21.7. The maximum absolute atomic E-state index is 13.1. The highest BCUT2D eigenvalue weighted by Gasteiger charge is 2.24. The van der Waals surface area contributed by atoms with Crippen LogP contribution in [-0.4, -0.2) is 56.4 Å². The van der Waals surface area contributed by atoms with E-state index in [-0.39, 0.29) is 11.7 Å². The summed E-state index contributed by atoms with van der Waals surface area (Å²) in [6.07, 6.45) is 2.83. The van der Waals surface area contributed by atoms with Gasteiger partial charge in [0.15, 0.2) is 5.96 Å². The third kappa shape index (κ3) is 6.51. The van der Waals surface area contributed by atoms with Crippen molar-refractivity contribution < 1.29 is 14.0 Å². The molecule has 0 aliphatic carbocycles. The monoisotopic (exact) mass is 391 g/mol. The average molecular weight is 391 g/mol. The number of halogens is 1. The first-order valence-electron chi connectivity index (χ1n) is 9.62. The zero-order valence-electron chi connectivity index (χ0n) is 16.6. The van der Waals surface area contributed by atoms with Crippen LogP contribution < -0.4 is 16.4 Å². The molecule has 2 amide bonds. The smallest absolute Gasteiger partial charge is 0.222 e. The van der Waals surface area contributed by atoms with E-state index in [0.717, 1.165) is 37.5 Å². The van der Waals surface area contributed by atoms with E-state index in [2.05, 4.69) is 20.5 Å². The van der Waals surface area contributed by atoms with Crippen molar-refractivity contribution >= 4 is 17.8 Å². The summed E-state index contributed by atoms with van der Waals surface area (Å²) in [7, 11) is 3.36. The van der Waals surface area contributed by atoms with Crippen LogP contribution in [0.2, 0.25) is 0 Å². The van der Waals surface area contributed by atoms with E-state index in [1.165, 1.54) is 12.1 Å². The maximum atomic E-state index is 13.1. The second-order valence-corrected chi connectivity index (χ2v) is 7.17. The molecule has 1 aromatic carbocycles. The molecule has 0 radical (unpaired) electrons. The van der Waals surface area contributed by atoms with Gasteiger partial charge in [0.1, 0.15) is 5.82 Å². The topological polar surface area (TPSA) is 99.8 Å². The summed E-state index contributed by atoms with van der Waals surface area (Å²) in [5.41, 5.74) is 6.41. The fourth-order valence-corrected chi connectivity index (χ4v) is 3.44. The molecule has 7 nitrogen and oxygen atoms in total. The van der Waals surface area contributed by atoms with E-state index in [9.17, 15) is 14.0 Å². The Balaban J connectivity index is 1.86. The number of rotatable bonds is 7. The van der Waals surface area contributed by atoms with E-state index in [1.54, 1.807) is 26.2 Å². The number of carbonyl (C=O) groups is 2. The second-order valence-electron chi connectivity index (χ2n) is 7.17. The Morgan fingerprint density at radius 2 is 1.93 bits per heavy atom. The molecular formula is C20H30FN5O2. The minimum atomic E-state index is -0.423. The lowest BCUT2D eigenvalue weighted by Crippen LogP contribution is -2.48. The highest BCUT2D eigenvalue weighted by Crippen LogP contribution is 2.20. The van der Waals surface area contributed by atoms with Gasteiger partial charge in [0.2, 0.25) is 11.8 Å². The highest BCUT2D eigenvalue weighted by atomic mass is 19.1. The van der Waals surface area contributed by atoms with Crippen molar-refractivity contribution in [1.82, 2.24) is 15.5 Å². The Morgan fingerprint density at radius 3 is 2.46 bits per heavy atom. The molecule has 1 atom stereocenters. The molecule has 2 rings (SSSR count). The molecule has 8 heteroatoms. The van der Waals surface area contributed by atoms with Crippen molar-refractivity contribution in [2.45, 2.75) is 25.7 Å². The molecule has 1 aliphatic rings. The van der Waals surface area contributed by atoms with Gasteiger partial charge in [-0.3, -0.25) is 14.6 Å². The van der Waals surface area contributed by atoms with Crippen LogP contribution in [-0.2, 0) is 16.0 Å². The lowest BCUT2D eigenvalue weighted by atomic mass is 9.93. The van der Waals surface area contributed by atoms with Crippen molar-refractivity contribution in [2.24, 2.45) is 22.6 Å². The van der Waals surface area contributed by atoms with Gasteiger partial charge in [-0.25, -0.2) is 4.39 Å². The largest absolute Gasteiger partial charge is 0.369 e. The molecule has 0 saturated carbocycles. The number of nitrogens with one attached hydrogen (secondary N) is 2. The predicted molar refractivity (Wildman–Crippen MR) is 107 cm³/mol. The van der Waals surface area contributed by atoms with Gasteiger partial charge < -0.3 is 21.3 Å². The minimum absolute atomic E-state index is 0.0750. The summed E-state index contributed by atoms with van der Waals surface area (Å²) in [5, 5.41) is 5.91. The van der Waals surface area contributed by atoms with Crippen molar-refractivity contribution in [3.63, 3.8) is 0 Å². The van der Waals surface area contributed by atoms with Crippen LogP contribution in [0.15, 0.2) is 29.3 Å². The minimum Gasteiger partial charge on any atom is -0.369 e. The Kier molecular flexibility index (Phi) is 8.22. The quantitative estimate of drug-likeness (QED) is 0.475. The maximum Gasteiger partial charge on any atom is 0.222 e. The number of aliphatic imine (C=N–C) groups is 1. The van der Waals surface area contributed by atoms with Crippen molar-refractivity contribution in [3.05, 3.63) is 35.6 Å². The van der Waals surface area contributed by atoms with Crippen LogP contribution in [0.3, 0.4) is 0 Å². The first-order chi connectivity index (χ1) is 13.4. The second kappa shape index (κ2) is 10.6. The van der Waals surface area contributed by atoms with Crippen molar-refractivity contribution in [1.29, 1.82) is 0 Å². The molecule has 0 aromatic heterocycles. The average Bonchev–Trinajstić information content (AvgIpc) is 2.69. The van der Waals surface area contributed by atoms with Crippen LogP contribution in [0.1, 0.15) is 24.8 Å². The van der Waals surface area contributed by atoms with Crippen LogP contribution in [0.5, 0.6) is 0 Å². The van der Waals surface area contributed by atoms with E-state index in [1.807, 2.05) is 0 Å². The van der Waals surface area contributed by atoms with Gasteiger partial charge in [0, 0.05) is 40.2 Å². The number of carbonyl (C=O) groups excluding carboxylic acids is 2. The van der Waals surface area contributed by atoms with Gasteiger partial charge in [0.25, 0.3) is 0 Å². The highest BCUT2D eigenvalue weighted by molar-refractivity contribution is 5.82. The molecule has 154 valence electrons. The lowest BCUT2D eigenvalue weighted by Gasteiger charge is -2.34. The number of piperidine rings is 1. The SMILES string of the molecule is CN=C(NCC(Cc1ccc(F)cc1)C(N)=O)N1CCC(CC(=O)NC)CC1. The molecule has 1 fully saturated rings. The standard InChI is InChI=1S/C20H30FN5O2/c1-23-18(27)12-15-7-9-26(10-8-15)20(24-2)25-13-16(19(22)28)11-14-3-5-17(21)6-4-14/h3-6,15-16H,7-13H2,1-2H3,(H2,22,28)(H,23,27)(H,24,25). The summed E-state index contributed by atoms with van der Waals surface area (Å²) in [6.45, 7) is 1.97. The molecule has 0 spiro atoms. The number of guanidine groups is 1. The Labute approximate surface area is 165 Å². The summed E-state index contributed by atoms with van der Waals surface area (Å²) in [6, 6.07) is 6.08. The number of benzene rings is 1. The number of likely N-dealkylation sites (tertiary alicyclic amines) is 1. The third-order valence-corrected chi connectivity index (χ3v) is 5.18. The van der Waals surface area contributed by atoms with Crippen molar-refractivity contribution in [2.75, 3.05) is 33.7 Å². The Bertz CT molecular complexity index is 684. The van der Waals surface area contributed by atoms with E-state index in [4.69, 9.17) is 5.73 Å². The number of hydrogen-bond donors (Lipinski definition) is 3. The third-order valence-electron chi connectivity index (χ3n) is 5.18. The molecule has 1 heterocycles. The van der Waals surface area contributed by atoms with E-state index in [0.29, 0.717) is 25.3 Å². The molecule has 0 bridgehead atoms.